The number of urea groups is 1. The molecule has 86 valence electrons. The fourth-order valence-electron chi connectivity index (χ4n) is 1.88. The number of carbonyl (C=O) groups is 1. The lowest BCUT2D eigenvalue weighted by atomic mass is 9.99. The Kier molecular flexibility index (Phi) is 1.99. The Labute approximate surface area is 97.1 Å². The molecule has 0 aromatic heterocycles. The van der Waals surface area contributed by atoms with Gasteiger partial charge < -0.3 is 15.7 Å². The number of nitrogens with zero attached hydrogens (tertiary/aromatic N) is 2. The van der Waals surface area contributed by atoms with E-state index in [-0.39, 0.29) is 6.03 Å². The lowest BCUT2D eigenvalue weighted by molar-refractivity contribution is 0.0978. The maximum Gasteiger partial charge on any atom is 0.319 e. The number of benzene rings is 1. The second kappa shape index (κ2) is 3.39. The van der Waals surface area contributed by atoms with E-state index in [9.17, 15) is 9.90 Å². The summed E-state index contributed by atoms with van der Waals surface area (Å²) in [6.45, 7) is 0.436. The van der Waals surface area contributed by atoms with Gasteiger partial charge in [-0.25, -0.2) is 4.79 Å². The Morgan fingerprint density at radius 2 is 2.29 bits per heavy atom. The number of nitrogens with one attached hydrogen (secondary N) is 2. The fraction of sp³-hybridized carbons (Fsp3) is 0.182. The molecule has 1 aromatic carbocycles. The maximum atomic E-state index is 11.1. The highest BCUT2D eigenvalue weighted by atomic mass is 16.3. The molecule has 0 saturated carbocycles. The molecule has 2 aliphatic heterocycles. The zero-order valence-corrected chi connectivity index (χ0v) is 8.84. The van der Waals surface area contributed by atoms with Gasteiger partial charge in [0.1, 0.15) is 0 Å². The zero-order chi connectivity index (χ0) is 11.9. The van der Waals surface area contributed by atoms with Crippen LogP contribution in [0.4, 0.5) is 10.5 Å². The number of rotatable bonds is 1. The van der Waals surface area contributed by atoms with Crippen molar-refractivity contribution in [2.24, 2.45) is 10.2 Å². The SMILES string of the molecule is O=C1NCc2cc(C3(O)C=CN=N3)ccc2N1. The monoisotopic (exact) mass is 230 g/mol. The smallest absolute Gasteiger partial charge is 0.319 e. The summed E-state index contributed by atoms with van der Waals surface area (Å²) in [6.07, 6.45) is 2.98. The second-order valence-electron chi connectivity index (χ2n) is 3.94. The van der Waals surface area contributed by atoms with Crippen LogP contribution in [0.25, 0.3) is 0 Å². The van der Waals surface area contributed by atoms with Crippen LogP contribution < -0.4 is 10.6 Å². The van der Waals surface area contributed by atoms with E-state index < -0.39 is 5.72 Å². The van der Waals surface area contributed by atoms with Crippen molar-refractivity contribution >= 4 is 11.7 Å². The second-order valence-corrected chi connectivity index (χ2v) is 3.94. The average Bonchev–Trinajstić information content (AvgIpc) is 2.77. The normalized spacial score (nSPS) is 25.4. The Bertz CT molecular complexity index is 538. The number of azo groups is 1. The lowest BCUT2D eigenvalue weighted by Crippen LogP contribution is -2.33. The zero-order valence-electron chi connectivity index (χ0n) is 8.84. The van der Waals surface area contributed by atoms with Gasteiger partial charge in [-0.05, 0) is 23.8 Å². The molecule has 0 bridgehead atoms. The summed E-state index contributed by atoms with van der Waals surface area (Å²) in [4.78, 5) is 11.1. The van der Waals surface area contributed by atoms with Gasteiger partial charge in [-0.15, -0.1) is 5.11 Å². The van der Waals surface area contributed by atoms with Crippen LogP contribution in [0.1, 0.15) is 11.1 Å². The molecule has 17 heavy (non-hydrogen) atoms. The molecular weight excluding hydrogens is 220 g/mol. The van der Waals surface area contributed by atoms with Gasteiger partial charge in [-0.2, -0.15) is 5.11 Å². The average molecular weight is 230 g/mol. The molecule has 3 rings (SSSR count). The lowest BCUT2D eigenvalue weighted by Gasteiger charge is -2.22. The fourth-order valence-corrected chi connectivity index (χ4v) is 1.88. The van der Waals surface area contributed by atoms with Crippen molar-refractivity contribution in [2.45, 2.75) is 12.3 Å². The van der Waals surface area contributed by atoms with Crippen LogP contribution >= 0.6 is 0 Å². The number of carbonyl (C=O) groups excluding carboxylic acids is 1. The summed E-state index contributed by atoms with van der Waals surface area (Å²) >= 11 is 0. The third kappa shape index (κ3) is 1.58. The summed E-state index contributed by atoms with van der Waals surface area (Å²) in [5.41, 5.74) is 0.911. The van der Waals surface area contributed by atoms with Crippen molar-refractivity contribution in [3.05, 3.63) is 41.6 Å². The van der Waals surface area contributed by atoms with Crippen LogP contribution in [-0.2, 0) is 12.3 Å². The van der Waals surface area contributed by atoms with Gasteiger partial charge in [0.15, 0.2) is 0 Å². The van der Waals surface area contributed by atoms with E-state index in [1.165, 1.54) is 12.3 Å². The van der Waals surface area contributed by atoms with Crippen molar-refractivity contribution in [1.29, 1.82) is 0 Å². The number of anilines is 1. The Balaban J connectivity index is 2.02. The van der Waals surface area contributed by atoms with Crippen LogP contribution in [0.2, 0.25) is 0 Å². The van der Waals surface area contributed by atoms with Crippen LogP contribution in [0.3, 0.4) is 0 Å². The molecule has 0 radical (unpaired) electrons. The molecule has 0 spiro atoms. The number of hydrogen-bond acceptors (Lipinski definition) is 4. The first-order chi connectivity index (χ1) is 8.17. The number of amides is 2. The molecular formula is C11H10N4O2. The highest BCUT2D eigenvalue weighted by Gasteiger charge is 2.29. The van der Waals surface area contributed by atoms with E-state index >= 15 is 0 Å². The molecule has 2 aliphatic rings. The van der Waals surface area contributed by atoms with E-state index in [0.717, 1.165) is 11.3 Å². The minimum atomic E-state index is -1.38. The third-order valence-electron chi connectivity index (χ3n) is 2.80. The number of fused-ring (bicyclic) bond motifs is 1. The van der Waals surface area contributed by atoms with Crippen LogP contribution in [0, 0.1) is 0 Å². The predicted octanol–water partition coefficient (Wildman–Crippen LogP) is 1.45. The molecule has 6 heteroatoms. The molecule has 3 N–H and O–H groups in total. The van der Waals surface area contributed by atoms with Gasteiger partial charge in [-0.3, -0.25) is 0 Å². The molecule has 1 atom stereocenters. The van der Waals surface area contributed by atoms with Crippen LogP contribution in [-0.4, -0.2) is 11.1 Å². The predicted molar refractivity (Wildman–Crippen MR) is 60.2 cm³/mol. The molecule has 1 unspecified atom stereocenters. The van der Waals surface area contributed by atoms with E-state index in [4.69, 9.17) is 0 Å². The summed E-state index contributed by atoms with van der Waals surface area (Å²) in [5.74, 6) is 0. The number of aliphatic hydroxyl groups is 1. The molecule has 2 amide bonds. The summed E-state index contributed by atoms with van der Waals surface area (Å²) in [5, 5.41) is 22.9. The first-order valence-electron chi connectivity index (χ1n) is 5.18. The van der Waals surface area contributed by atoms with Gasteiger partial charge in [0, 0.05) is 17.8 Å². The minimum absolute atomic E-state index is 0.218. The largest absolute Gasteiger partial charge is 0.361 e. The Hall–Kier alpha value is -2.21. The molecule has 6 nitrogen and oxygen atoms in total. The Morgan fingerprint density at radius 3 is 3.06 bits per heavy atom. The van der Waals surface area contributed by atoms with Gasteiger partial charge in [-0.1, -0.05) is 6.07 Å². The Morgan fingerprint density at radius 1 is 1.41 bits per heavy atom. The van der Waals surface area contributed by atoms with Crippen molar-refractivity contribution in [1.82, 2.24) is 5.32 Å². The van der Waals surface area contributed by atoms with E-state index in [1.54, 1.807) is 18.2 Å². The molecule has 0 fully saturated rings. The highest BCUT2D eigenvalue weighted by Crippen LogP contribution is 2.31. The first kappa shape index (κ1) is 9.98. The van der Waals surface area contributed by atoms with Crippen LogP contribution in [0.15, 0.2) is 40.7 Å². The molecule has 0 saturated heterocycles. The van der Waals surface area contributed by atoms with Crippen LogP contribution in [0.5, 0.6) is 0 Å². The maximum absolute atomic E-state index is 11.1. The van der Waals surface area contributed by atoms with Crippen molar-refractivity contribution in [2.75, 3.05) is 5.32 Å². The quantitative estimate of drug-likeness (QED) is 0.681. The van der Waals surface area contributed by atoms with Gasteiger partial charge in [0.2, 0.25) is 5.72 Å². The van der Waals surface area contributed by atoms with Gasteiger partial charge >= 0.3 is 6.03 Å². The first-order valence-corrected chi connectivity index (χ1v) is 5.18. The van der Waals surface area contributed by atoms with E-state index in [2.05, 4.69) is 20.9 Å². The van der Waals surface area contributed by atoms with Crippen molar-refractivity contribution < 1.29 is 9.90 Å². The van der Waals surface area contributed by atoms with E-state index in [0.29, 0.717) is 12.1 Å². The minimum Gasteiger partial charge on any atom is -0.361 e. The molecule has 2 heterocycles. The van der Waals surface area contributed by atoms with Gasteiger partial charge in [0.25, 0.3) is 0 Å². The molecule has 0 aliphatic carbocycles. The summed E-state index contributed by atoms with van der Waals surface area (Å²) in [7, 11) is 0. The van der Waals surface area contributed by atoms with E-state index in [1.807, 2.05) is 0 Å². The van der Waals surface area contributed by atoms with Crippen molar-refractivity contribution in [3.8, 4) is 0 Å². The topological polar surface area (TPSA) is 86.1 Å². The van der Waals surface area contributed by atoms with Gasteiger partial charge in [0.05, 0.1) is 6.20 Å². The van der Waals surface area contributed by atoms with Crippen molar-refractivity contribution in [3.63, 3.8) is 0 Å². The summed E-state index contributed by atoms with van der Waals surface area (Å²) in [6, 6.07) is 5.06. The number of hydrogen-bond donors (Lipinski definition) is 3. The molecule has 1 aromatic rings. The summed E-state index contributed by atoms with van der Waals surface area (Å²) < 4.78 is 0. The highest BCUT2D eigenvalue weighted by molar-refractivity contribution is 5.92. The third-order valence-corrected chi connectivity index (χ3v) is 2.80. The standard InChI is InChI=1S/C11H10N4O2/c16-10-12-6-7-5-8(1-2-9(7)14-10)11(17)3-4-13-15-11/h1-5,17H,6H2,(H2,12,14,16).